The Hall–Kier alpha value is -1.97. The minimum Gasteiger partial charge on any atom is -0.393 e. The van der Waals surface area contributed by atoms with E-state index in [0.29, 0.717) is 12.8 Å². The fraction of sp³-hybridized carbons (Fsp3) is 0.350. The number of carbonyl (C=O) groups is 1. The molecule has 0 saturated carbocycles. The van der Waals surface area contributed by atoms with Crippen molar-refractivity contribution in [2.45, 2.75) is 38.2 Å². The van der Waals surface area contributed by atoms with Gasteiger partial charge in [0.1, 0.15) is 6.61 Å². The first-order valence-corrected chi connectivity index (χ1v) is 8.04. The fourth-order valence-electron chi connectivity index (χ4n) is 2.62. The van der Waals surface area contributed by atoms with Gasteiger partial charge in [-0.2, -0.15) is 0 Å². The maximum atomic E-state index is 11.5. The number of benzene rings is 2. The Morgan fingerprint density at radius 3 is 2.26 bits per heavy atom. The second kappa shape index (κ2) is 8.61. The molecular weight excluding hydrogens is 288 g/mol. The van der Waals surface area contributed by atoms with Gasteiger partial charge in [-0.3, -0.25) is 4.79 Å². The van der Waals surface area contributed by atoms with Gasteiger partial charge in [0.05, 0.1) is 6.10 Å². The van der Waals surface area contributed by atoms with E-state index in [1.54, 1.807) is 6.92 Å². The summed E-state index contributed by atoms with van der Waals surface area (Å²) in [5.74, 6) is -0.450. The summed E-state index contributed by atoms with van der Waals surface area (Å²) in [5, 5.41) is 19.0. The molecule has 0 amide bonds. The van der Waals surface area contributed by atoms with E-state index in [1.807, 2.05) is 54.6 Å². The van der Waals surface area contributed by atoms with Crippen LogP contribution in [0.3, 0.4) is 0 Å². The van der Waals surface area contributed by atoms with Crippen LogP contribution in [0.2, 0.25) is 0 Å². The Kier molecular flexibility index (Phi) is 6.51. The van der Waals surface area contributed by atoms with Gasteiger partial charge < -0.3 is 10.2 Å². The molecule has 0 aliphatic carbocycles. The van der Waals surface area contributed by atoms with Crippen LogP contribution in [0, 0.1) is 0 Å². The molecule has 0 aliphatic heterocycles. The second-order valence-electron chi connectivity index (χ2n) is 5.97. The van der Waals surface area contributed by atoms with Crippen molar-refractivity contribution in [2.24, 2.45) is 0 Å². The molecule has 0 aliphatic rings. The third-order valence-electron chi connectivity index (χ3n) is 4.20. The minimum atomic E-state index is -0.422. The van der Waals surface area contributed by atoms with E-state index in [0.717, 1.165) is 23.1 Å². The maximum Gasteiger partial charge on any atom is 0.165 e. The van der Waals surface area contributed by atoms with Gasteiger partial charge in [0.2, 0.25) is 0 Å². The van der Waals surface area contributed by atoms with Crippen molar-refractivity contribution in [1.82, 2.24) is 0 Å². The van der Waals surface area contributed by atoms with Crippen LogP contribution in [0.15, 0.2) is 54.6 Å². The highest BCUT2D eigenvalue weighted by molar-refractivity contribution is 5.86. The molecule has 0 spiro atoms. The molecule has 0 bridgehead atoms. The van der Waals surface area contributed by atoms with Crippen LogP contribution in [0.4, 0.5) is 0 Å². The Labute approximate surface area is 137 Å². The lowest BCUT2D eigenvalue weighted by Crippen LogP contribution is -2.13. The molecule has 2 aromatic rings. The van der Waals surface area contributed by atoms with Crippen molar-refractivity contribution >= 4 is 5.78 Å². The molecule has 0 saturated heterocycles. The molecular formula is C20H24O3. The molecule has 3 heteroatoms. The first kappa shape index (κ1) is 17.4. The zero-order valence-corrected chi connectivity index (χ0v) is 13.5. The Bertz CT molecular complexity index is 605. The molecule has 0 aromatic heterocycles. The van der Waals surface area contributed by atoms with Gasteiger partial charge in [-0.05, 0) is 36.0 Å². The zero-order valence-electron chi connectivity index (χ0n) is 13.5. The van der Waals surface area contributed by atoms with E-state index in [9.17, 15) is 9.90 Å². The molecule has 2 aromatic carbocycles. The number of carbonyl (C=O) groups excluding carboxylic acids is 1. The minimum absolute atomic E-state index is 0.170. The molecule has 0 heterocycles. The summed E-state index contributed by atoms with van der Waals surface area (Å²) in [6.07, 6.45) is 1.82. The molecule has 2 atom stereocenters. The van der Waals surface area contributed by atoms with E-state index in [4.69, 9.17) is 5.11 Å². The highest BCUT2D eigenvalue weighted by atomic mass is 16.3. The van der Waals surface area contributed by atoms with E-state index in [1.165, 1.54) is 0 Å². The monoisotopic (exact) mass is 312 g/mol. The molecule has 0 fully saturated rings. The number of aliphatic hydroxyl groups is 2. The molecule has 2 rings (SSSR count). The molecule has 3 nitrogen and oxygen atoms in total. The second-order valence-corrected chi connectivity index (χ2v) is 5.97. The predicted octanol–water partition coefficient (Wildman–Crippen LogP) is 2.89. The van der Waals surface area contributed by atoms with Crippen LogP contribution in [0.1, 0.15) is 36.0 Å². The van der Waals surface area contributed by atoms with Crippen LogP contribution in [-0.4, -0.2) is 28.7 Å². The van der Waals surface area contributed by atoms with Crippen LogP contribution in [0.5, 0.6) is 0 Å². The third-order valence-corrected chi connectivity index (χ3v) is 4.20. The van der Waals surface area contributed by atoms with Crippen molar-refractivity contribution in [3.63, 3.8) is 0 Å². The quantitative estimate of drug-likeness (QED) is 0.788. The zero-order chi connectivity index (χ0) is 16.7. The van der Waals surface area contributed by atoms with Gasteiger partial charge in [0.15, 0.2) is 5.78 Å². The van der Waals surface area contributed by atoms with Crippen LogP contribution < -0.4 is 0 Å². The number of hydrogen-bond acceptors (Lipinski definition) is 3. The molecule has 0 radical (unpaired) electrons. The fourth-order valence-corrected chi connectivity index (χ4v) is 2.62. The molecule has 23 heavy (non-hydrogen) atoms. The first-order chi connectivity index (χ1) is 11.1. The Balaban J connectivity index is 1.85. The average molecular weight is 312 g/mol. The Morgan fingerprint density at radius 2 is 1.65 bits per heavy atom. The summed E-state index contributed by atoms with van der Waals surface area (Å²) in [4.78, 5) is 11.5. The highest BCUT2D eigenvalue weighted by Gasteiger charge is 2.13. The summed E-state index contributed by atoms with van der Waals surface area (Å²) in [7, 11) is 0. The highest BCUT2D eigenvalue weighted by Crippen LogP contribution is 2.18. The standard InChI is InChI=1S/C20H24O3/c1-15(20(23)14-21)18-10-7-16(8-11-18)9-12-19(22)13-17-5-3-2-4-6-17/h2-8,10-11,15,19,21-22H,9,12-14H2,1H3. The normalized spacial score (nSPS) is 13.5. The topological polar surface area (TPSA) is 57.5 Å². The predicted molar refractivity (Wildman–Crippen MR) is 91.4 cm³/mol. The number of hydrogen-bond donors (Lipinski definition) is 2. The van der Waals surface area contributed by atoms with Crippen molar-refractivity contribution in [2.75, 3.05) is 6.61 Å². The van der Waals surface area contributed by atoms with Crippen LogP contribution in [0.25, 0.3) is 0 Å². The smallest absolute Gasteiger partial charge is 0.165 e. The largest absolute Gasteiger partial charge is 0.393 e. The summed E-state index contributed by atoms with van der Waals surface area (Å²) in [6, 6.07) is 17.8. The summed E-state index contributed by atoms with van der Waals surface area (Å²) >= 11 is 0. The van der Waals surface area contributed by atoms with Crippen LogP contribution >= 0.6 is 0 Å². The lowest BCUT2D eigenvalue weighted by Gasteiger charge is -2.12. The van der Waals surface area contributed by atoms with Gasteiger partial charge in [-0.15, -0.1) is 0 Å². The lowest BCUT2D eigenvalue weighted by molar-refractivity contribution is -0.122. The van der Waals surface area contributed by atoms with Gasteiger partial charge in [-0.25, -0.2) is 0 Å². The summed E-state index contributed by atoms with van der Waals surface area (Å²) in [6.45, 7) is 1.38. The summed E-state index contributed by atoms with van der Waals surface area (Å²) < 4.78 is 0. The lowest BCUT2D eigenvalue weighted by atomic mass is 9.94. The van der Waals surface area contributed by atoms with E-state index >= 15 is 0 Å². The molecule has 2 unspecified atom stereocenters. The van der Waals surface area contributed by atoms with Gasteiger partial charge in [0.25, 0.3) is 0 Å². The van der Waals surface area contributed by atoms with Crippen molar-refractivity contribution in [3.8, 4) is 0 Å². The van der Waals surface area contributed by atoms with Crippen molar-refractivity contribution < 1.29 is 15.0 Å². The molecule has 2 N–H and O–H groups in total. The van der Waals surface area contributed by atoms with Gasteiger partial charge >= 0.3 is 0 Å². The van der Waals surface area contributed by atoms with E-state index < -0.39 is 6.61 Å². The summed E-state index contributed by atoms with van der Waals surface area (Å²) in [5.41, 5.74) is 3.20. The number of rotatable bonds is 8. The van der Waals surface area contributed by atoms with E-state index in [2.05, 4.69) is 0 Å². The molecule has 122 valence electrons. The number of aliphatic hydroxyl groups excluding tert-OH is 2. The van der Waals surface area contributed by atoms with Gasteiger partial charge in [0, 0.05) is 5.92 Å². The number of ketones is 1. The van der Waals surface area contributed by atoms with Gasteiger partial charge in [-0.1, -0.05) is 61.5 Å². The van der Waals surface area contributed by atoms with Crippen LogP contribution in [-0.2, 0) is 17.6 Å². The first-order valence-electron chi connectivity index (χ1n) is 8.04. The number of aryl methyl sites for hydroxylation is 1. The maximum absolute atomic E-state index is 11.5. The third kappa shape index (κ3) is 5.31. The van der Waals surface area contributed by atoms with Crippen molar-refractivity contribution in [1.29, 1.82) is 0 Å². The Morgan fingerprint density at radius 1 is 1.00 bits per heavy atom. The van der Waals surface area contributed by atoms with Crippen molar-refractivity contribution in [3.05, 3.63) is 71.3 Å². The SMILES string of the molecule is CC(C(=O)CO)c1ccc(CCC(O)Cc2ccccc2)cc1. The number of Topliss-reactive ketones (excluding diaryl/α,β-unsaturated/α-hetero) is 1. The average Bonchev–Trinajstić information content (AvgIpc) is 2.60. The van der Waals surface area contributed by atoms with E-state index in [-0.39, 0.29) is 17.8 Å².